The van der Waals surface area contributed by atoms with Gasteiger partial charge in [0, 0.05) is 24.0 Å². The number of hydrogen-bond donors (Lipinski definition) is 1. The Morgan fingerprint density at radius 1 is 1.37 bits per heavy atom. The molecule has 1 aromatic rings. The monoisotopic (exact) mass is 280 g/mol. The Kier molecular flexibility index (Phi) is 5.86. The van der Waals surface area contributed by atoms with E-state index in [4.69, 9.17) is 0 Å². The molecule has 3 heteroatoms. The Morgan fingerprint density at radius 2 is 2.21 bits per heavy atom. The SMILES string of the molecule is CC(C)CNCCCC(C)N1CCc2sccc2C1. The maximum Gasteiger partial charge on any atom is 0.0247 e. The Labute approximate surface area is 122 Å². The molecular formula is C16H28N2S. The van der Waals surface area contributed by atoms with Gasteiger partial charge in [-0.1, -0.05) is 13.8 Å². The van der Waals surface area contributed by atoms with Crippen LogP contribution >= 0.6 is 11.3 Å². The lowest BCUT2D eigenvalue weighted by Gasteiger charge is -2.32. The summed E-state index contributed by atoms with van der Waals surface area (Å²) >= 11 is 1.93. The van der Waals surface area contributed by atoms with Crippen LogP contribution in [0.25, 0.3) is 0 Å². The summed E-state index contributed by atoms with van der Waals surface area (Å²) in [5.74, 6) is 0.761. The highest BCUT2D eigenvalue weighted by atomic mass is 32.1. The minimum Gasteiger partial charge on any atom is -0.316 e. The third kappa shape index (κ3) is 4.59. The average Bonchev–Trinajstić information content (AvgIpc) is 2.84. The fourth-order valence-corrected chi connectivity index (χ4v) is 3.63. The van der Waals surface area contributed by atoms with Gasteiger partial charge in [-0.25, -0.2) is 0 Å². The normalized spacial score (nSPS) is 17.7. The van der Waals surface area contributed by atoms with Crippen molar-refractivity contribution in [2.45, 2.75) is 52.6 Å². The van der Waals surface area contributed by atoms with Gasteiger partial charge in [-0.05, 0) is 62.2 Å². The van der Waals surface area contributed by atoms with E-state index in [9.17, 15) is 0 Å². The van der Waals surface area contributed by atoms with Crippen molar-refractivity contribution in [3.05, 3.63) is 21.9 Å². The Bertz CT molecular complexity index is 373. The number of thiophene rings is 1. The van der Waals surface area contributed by atoms with Crippen LogP contribution in [0.1, 0.15) is 44.1 Å². The van der Waals surface area contributed by atoms with E-state index in [1.54, 1.807) is 10.4 Å². The van der Waals surface area contributed by atoms with E-state index < -0.39 is 0 Å². The van der Waals surface area contributed by atoms with E-state index >= 15 is 0 Å². The molecule has 1 aromatic heterocycles. The summed E-state index contributed by atoms with van der Waals surface area (Å²) in [5.41, 5.74) is 1.57. The molecule has 0 spiro atoms. The van der Waals surface area contributed by atoms with Crippen molar-refractivity contribution in [2.75, 3.05) is 19.6 Å². The molecule has 0 fully saturated rings. The van der Waals surface area contributed by atoms with Gasteiger partial charge in [0.05, 0.1) is 0 Å². The van der Waals surface area contributed by atoms with E-state index in [1.807, 2.05) is 11.3 Å². The van der Waals surface area contributed by atoms with Gasteiger partial charge in [0.25, 0.3) is 0 Å². The molecule has 0 saturated heterocycles. The molecule has 0 aliphatic carbocycles. The van der Waals surface area contributed by atoms with E-state index in [-0.39, 0.29) is 0 Å². The maximum absolute atomic E-state index is 3.54. The van der Waals surface area contributed by atoms with Crippen molar-refractivity contribution in [3.63, 3.8) is 0 Å². The van der Waals surface area contributed by atoms with Crippen LogP contribution < -0.4 is 5.32 Å². The Balaban J connectivity index is 1.66. The topological polar surface area (TPSA) is 15.3 Å². The first-order chi connectivity index (χ1) is 9.16. The second-order valence-electron chi connectivity index (χ2n) is 6.18. The van der Waals surface area contributed by atoms with Crippen molar-refractivity contribution in [3.8, 4) is 0 Å². The van der Waals surface area contributed by atoms with E-state index in [1.165, 1.54) is 38.9 Å². The highest BCUT2D eigenvalue weighted by Gasteiger charge is 2.20. The van der Waals surface area contributed by atoms with Gasteiger partial charge in [0.2, 0.25) is 0 Å². The summed E-state index contributed by atoms with van der Waals surface area (Å²) < 4.78 is 0. The fourth-order valence-electron chi connectivity index (χ4n) is 2.74. The first-order valence-electron chi connectivity index (χ1n) is 7.67. The zero-order valence-corrected chi connectivity index (χ0v) is 13.4. The summed E-state index contributed by atoms with van der Waals surface area (Å²) in [6.07, 6.45) is 3.86. The Morgan fingerprint density at radius 3 is 3.00 bits per heavy atom. The summed E-state index contributed by atoms with van der Waals surface area (Å²) in [7, 11) is 0. The lowest BCUT2D eigenvalue weighted by Crippen LogP contribution is -2.37. The maximum atomic E-state index is 3.54. The molecule has 1 aliphatic heterocycles. The zero-order chi connectivity index (χ0) is 13.7. The lowest BCUT2D eigenvalue weighted by molar-refractivity contribution is 0.181. The Hall–Kier alpha value is -0.380. The molecule has 1 unspecified atom stereocenters. The van der Waals surface area contributed by atoms with Gasteiger partial charge in [-0.2, -0.15) is 0 Å². The molecule has 108 valence electrons. The standard InChI is InChI=1S/C16H28N2S/c1-13(2)11-17-8-4-5-14(3)18-9-6-16-15(12-18)7-10-19-16/h7,10,13-14,17H,4-6,8-9,11-12H2,1-3H3. The van der Waals surface area contributed by atoms with Gasteiger partial charge in [-0.15, -0.1) is 11.3 Å². The molecule has 0 bridgehead atoms. The van der Waals surface area contributed by atoms with Crippen LogP contribution in [-0.2, 0) is 13.0 Å². The van der Waals surface area contributed by atoms with Crippen molar-refractivity contribution in [1.29, 1.82) is 0 Å². The molecule has 0 amide bonds. The predicted octanol–water partition coefficient (Wildman–Crippen LogP) is 3.52. The van der Waals surface area contributed by atoms with Crippen LogP contribution in [0.4, 0.5) is 0 Å². The fraction of sp³-hybridized carbons (Fsp3) is 0.750. The molecule has 0 saturated carbocycles. The van der Waals surface area contributed by atoms with Gasteiger partial charge in [-0.3, -0.25) is 4.90 Å². The smallest absolute Gasteiger partial charge is 0.0247 e. The van der Waals surface area contributed by atoms with Crippen LogP contribution in [0.2, 0.25) is 0 Å². The van der Waals surface area contributed by atoms with E-state index in [0.717, 1.165) is 12.5 Å². The second-order valence-corrected chi connectivity index (χ2v) is 7.18. The van der Waals surface area contributed by atoms with E-state index in [2.05, 4.69) is 42.4 Å². The number of rotatable bonds is 7. The molecule has 1 N–H and O–H groups in total. The van der Waals surface area contributed by atoms with Crippen molar-refractivity contribution >= 4 is 11.3 Å². The van der Waals surface area contributed by atoms with Gasteiger partial charge < -0.3 is 5.32 Å². The van der Waals surface area contributed by atoms with Crippen LogP contribution in [-0.4, -0.2) is 30.6 Å². The molecule has 19 heavy (non-hydrogen) atoms. The molecule has 2 heterocycles. The minimum absolute atomic E-state index is 0.717. The quantitative estimate of drug-likeness (QED) is 0.769. The van der Waals surface area contributed by atoms with Gasteiger partial charge >= 0.3 is 0 Å². The van der Waals surface area contributed by atoms with Gasteiger partial charge in [0.1, 0.15) is 0 Å². The first kappa shape index (κ1) is 15.0. The molecule has 0 radical (unpaired) electrons. The van der Waals surface area contributed by atoms with Crippen molar-refractivity contribution < 1.29 is 0 Å². The number of nitrogens with zero attached hydrogens (tertiary/aromatic N) is 1. The molecular weight excluding hydrogens is 252 g/mol. The predicted molar refractivity (Wildman–Crippen MR) is 84.8 cm³/mol. The highest BCUT2D eigenvalue weighted by molar-refractivity contribution is 7.10. The number of hydrogen-bond acceptors (Lipinski definition) is 3. The average molecular weight is 280 g/mol. The van der Waals surface area contributed by atoms with Crippen LogP contribution in [0.3, 0.4) is 0 Å². The van der Waals surface area contributed by atoms with Crippen LogP contribution in [0, 0.1) is 5.92 Å². The summed E-state index contributed by atoms with van der Waals surface area (Å²) in [6.45, 7) is 11.6. The largest absolute Gasteiger partial charge is 0.316 e. The molecule has 1 aliphatic rings. The summed E-state index contributed by atoms with van der Waals surface area (Å²) in [5, 5.41) is 5.78. The number of fused-ring (bicyclic) bond motifs is 1. The van der Waals surface area contributed by atoms with Crippen LogP contribution in [0.5, 0.6) is 0 Å². The van der Waals surface area contributed by atoms with Crippen molar-refractivity contribution in [1.82, 2.24) is 10.2 Å². The minimum atomic E-state index is 0.717. The molecule has 2 rings (SSSR count). The summed E-state index contributed by atoms with van der Waals surface area (Å²) in [6, 6.07) is 3.03. The number of nitrogens with one attached hydrogen (secondary N) is 1. The molecule has 0 aromatic carbocycles. The first-order valence-corrected chi connectivity index (χ1v) is 8.54. The van der Waals surface area contributed by atoms with E-state index in [0.29, 0.717) is 6.04 Å². The zero-order valence-electron chi connectivity index (χ0n) is 12.6. The van der Waals surface area contributed by atoms with Gasteiger partial charge in [0.15, 0.2) is 0 Å². The molecule has 2 nitrogen and oxygen atoms in total. The highest BCUT2D eigenvalue weighted by Crippen LogP contribution is 2.25. The second kappa shape index (κ2) is 7.41. The lowest BCUT2D eigenvalue weighted by atomic mass is 10.1. The third-order valence-corrected chi connectivity index (χ3v) is 5.01. The van der Waals surface area contributed by atoms with Crippen LogP contribution in [0.15, 0.2) is 11.4 Å². The third-order valence-electron chi connectivity index (χ3n) is 3.99. The summed E-state index contributed by atoms with van der Waals surface area (Å²) in [4.78, 5) is 4.26. The molecule has 1 atom stereocenters. The van der Waals surface area contributed by atoms with Crippen molar-refractivity contribution in [2.24, 2.45) is 5.92 Å².